The van der Waals surface area contributed by atoms with E-state index >= 15 is 0 Å². The Balaban J connectivity index is 1.76. The van der Waals surface area contributed by atoms with Crippen molar-refractivity contribution in [2.24, 2.45) is 18.7 Å². The van der Waals surface area contributed by atoms with E-state index in [4.69, 9.17) is 10.5 Å². The van der Waals surface area contributed by atoms with Crippen LogP contribution in [0.1, 0.15) is 44.2 Å². The molecule has 0 aliphatic rings. The van der Waals surface area contributed by atoms with Crippen LogP contribution in [-0.4, -0.2) is 40.2 Å². The van der Waals surface area contributed by atoms with Crippen LogP contribution in [0, 0.1) is 5.92 Å². The predicted molar refractivity (Wildman–Crippen MR) is 141 cm³/mol. The Morgan fingerprint density at radius 2 is 1.65 bits per heavy atom. The number of hydrogen-bond donors (Lipinski definition) is 3. The third kappa shape index (κ3) is 7.50. The second-order valence-corrected chi connectivity index (χ2v) is 9.79. The molecule has 0 bridgehead atoms. The van der Waals surface area contributed by atoms with Crippen molar-refractivity contribution in [2.45, 2.75) is 57.3 Å². The van der Waals surface area contributed by atoms with Gasteiger partial charge in [-0.3, -0.25) is 9.59 Å². The zero-order chi connectivity index (χ0) is 26.8. The van der Waals surface area contributed by atoms with Crippen LogP contribution < -0.4 is 15.6 Å². The summed E-state index contributed by atoms with van der Waals surface area (Å²) in [7, 11) is 1.96. The lowest BCUT2D eigenvalue weighted by Gasteiger charge is -2.38. The van der Waals surface area contributed by atoms with E-state index in [1.165, 1.54) is 0 Å². The lowest BCUT2D eigenvalue weighted by atomic mass is 9.80. The van der Waals surface area contributed by atoms with Gasteiger partial charge in [-0.2, -0.15) is 0 Å². The molecule has 0 fully saturated rings. The Bertz CT molecular complexity index is 1090. The number of carbonyl (C=O) groups is 2. The minimum absolute atomic E-state index is 0.104. The molecular formula is C29H39N4O4+. The Morgan fingerprint density at radius 1 is 1.05 bits per heavy atom. The van der Waals surface area contributed by atoms with E-state index in [-0.39, 0.29) is 24.9 Å². The van der Waals surface area contributed by atoms with Crippen molar-refractivity contribution in [2.75, 3.05) is 6.61 Å². The highest BCUT2D eigenvalue weighted by atomic mass is 16.5. The van der Waals surface area contributed by atoms with E-state index in [2.05, 4.69) is 9.88 Å². The molecule has 8 heteroatoms. The Labute approximate surface area is 219 Å². The van der Waals surface area contributed by atoms with Crippen LogP contribution in [0.25, 0.3) is 0 Å². The van der Waals surface area contributed by atoms with E-state index in [0.717, 1.165) is 13.0 Å². The van der Waals surface area contributed by atoms with Gasteiger partial charge >= 0.3 is 5.97 Å². The number of imidazole rings is 1. The highest BCUT2D eigenvalue weighted by molar-refractivity contribution is 5.82. The fraction of sp³-hybridized carbons (Fsp3) is 0.414. The zero-order valence-electron chi connectivity index (χ0n) is 21.9. The molecule has 0 unspecified atom stereocenters. The van der Waals surface area contributed by atoms with Crippen molar-refractivity contribution in [3.63, 3.8) is 0 Å². The number of aromatic nitrogens is 2. The van der Waals surface area contributed by atoms with Gasteiger partial charge in [0.15, 0.2) is 0 Å². The second kappa shape index (κ2) is 13.2. The Kier molecular flexibility index (Phi) is 10.00. The van der Waals surface area contributed by atoms with Crippen molar-refractivity contribution < 1.29 is 24.0 Å². The number of ether oxygens (including phenoxy) is 1. The molecule has 0 saturated carbocycles. The summed E-state index contributed by atoms with van der Waals surface area (Å²) in [6, 6.07) is 16.4. The average molecular weight is 508 g/mol. The van der Waals surface area contributed by atoms with Crippen LogP contribution in [0.15, 0.2) is 79.4 Å². The van der Waals surface area contributed by atoms with Crippen LogP contribution in [0.4, 0.5) is 0 Å². The van der Waals surface area contributed by atoms with Gasteiger partial charge in [-0.05, 0) is 29.9 Å². The molecule has 0 aliphatic heterocycles. The predicted octanol–water partition coefficient (Wildman–Crippen LogP) is 2.43. The molecule has 37 heavy (non-hydrogen) atoms. The van der Waals surface area contributed by atoms with E-state index in [9.17, 15) is 14.7 Å². The lowest BCUT2D eigenvalue weighted by molar-refractivity contribution is -0.671. The molecule has 4 N–H and O–H groups in total. The highest BCUT2D eigenvalue weighted by Gasteiger charge is 2.42. The number of nitrogens with zero attached hydrogens (tertiary/aromatic N) is 2. The molecule has 0 saturated heterocycles. The number of nitrogens with two attached hydrogens (primary N) is 1. The van der Waals surface area contributed by atoms with Gasteiger partial charge in [-0.1, -0.05) is 74.5 Å². The van der Waals surface area contributed by atoms with Gasteiger partial charge < -0.3 is 20.9 Å². The van der Waals surface area contributed by atoms with Crippen molar-refractivity contribution in [1.29, 1.82) is 0 Å². The minimum Gasteiger partial charge on any atom is -0.463 e. The van der Waals surface area contributed by atoms with Gasteiger partial charge in [0.1, 0.15) is 30.6 Å². The van der Waals surface area contributed by atoms with Crippen LogP contribution in [0.2, 0.25) is 0 Å². The maximum Gasteiger partial charge on any atom is 0.305 e. The van der Waals surface area contributed by atoms with Crippen molar-refractivity contribution in [3.8, 4) is 0 Å². The van der Waals surface area contributed by atoms with Gasteiger partial charge in [0, 0.05) is 6.42 Å². The van der Waals surface area contributed by atoms with Crippen LogP contribution >= 0.6 is 0 Å². The number of esters is 1. The third-order valence-electron chi connectivity index (χ3n) is 6.55. The Hall–Kier alpha value is -3.49. The third-order valence-corrected chi connectivity index (χ3v) is 6.55. The first kappa shape index (κ1) is 28.1. The number of unbranched alkanes of at least 4 members (excludes halogenated alkanes) is 1. The molecule has 1 aromatic heterocycles. The number of amides is 1. The van der Waals surface area contributed by atoms with E-state index in [0.29, 0.717) is 17.5 Å². The van der Waals surface area contributed by atoms with Crippen LogP contribution in [0.3, 0.4) is 0 Å². The lowest BCUT2D eigenvalue weighted by Crippen LogP contribution is -2.58. The number of nitrogens with one attached hydrogen (secondary N) is 1. The number of carbonyl (C=O) groups excluding carboxylic acids is 2. The molecule has 2 aromatic carbocycles. The summed E-state index contributed by atoms with van der Waals surface area (Å²) in [5.41, 5.74) is 5.60. The maximum absolute atomic E-state index is 13.0. The summed E-state index contributed by atoms with van der Waals surface area (Å²) in [6.45, 7) is 4.31. The minimum atomic E-state index is -1.65. The van der Waals surface area contributed by atoms with Gasteiger partial charge in [0.2, 0.25) is 12.2 Å². The summed E-state index contributed by atoms with van der Waals surface area (Å²) >= 11 is 0. The smallest absolute Gasteiger partial charge is 0.305 e. The SMILES string of the molecule is CC(C)[C@H](N)C(=O)N[C@@H](COC(=O)CCCCn1cc[n+](C)c1)C(O)(c1ccccc1)c1ccccc1. The topological polar surface area (TPSA) is 110 Å². The molecule has 0 aliphatic carbocycles. The van der Waals surface area contributed by atoms with Gasteiger partial charge in [-0.25, -0.2) is 9.13 Å². The normalized spacial score (nSPS) is 13.2. The van der Waals surface area contributed by atoms with E-state index in [1.807, 2.05) is 80.6 Å². The standard InChI is InChI=1S/C29H38N4O4/c1-22(2)27(30)28(35)31-25(20-37-26(34)16-10-11-17-33-19-18-32(3)21-33)29(36,23-12-6-4-7-13-23)24-14-8-5-9-15-24/h4-9,12-15,18-19,21-22,25,27,36H,10-11,16-17,20,30H2,1-3H3/p+1/t25-,27-/m0/s1. The van der Waals surface area contributed by atoms with Crippen molar-refractivity contribution in [1.82, 2.24) is 9.88 Å². The summed E-state index contributed by atoms with van der Waals surface area (Å²) in [6.07, 6.45) is 7.68. The first-order valence-electron chi connectivity index (χ1n) is 12.8. The monoisotopic (exact) mass is 507 g/mol. The molecule has 1 amide bonds. The average Bonchev–Trinajstić information content (AvgIpc) is 3.33. The molecule has 3 aromatic rings. The molecule has 8 nitrogen and oxygen atoms in total. The number of aliphatic hydroxyl groups is 1. The second-order valence-electron chi connectivity index (χ2n) is 9.79. The van der Waals surface area contributed by atoms with E-state index in [1.54, 1.807) is 24.3 Å². The van der Waals surface area contributed by atoms with E-state index < -0.39 is 23.6 Å². The number of aryl methyl sites for hydroxylation is 2. The highest BCUT2D eigenvalue weighted by Crippen LogP contribution is 2.33. The van der Waals surface area contributed by atoms with Crippen molar-refractivity contribution >= 4 is 11.9 Å². The largest absolute Gasteiger partial charge is 0.463 e. The number of hydrogen-bond acceptors (Lipinski definition) is 5. The maximum atomic E-state index is 13.0. The van der Waals surface area contributed by atoms with Crippen LogP contribution in [0.5, 0.6) is 0 Å². The zero-order valence-corrected chi connectivity index (χ0v) is 21.9. The summed E-state index contributed by atoms with van der Waals surface area (Å²) in [5, 5.41) is 15.1. The first-order chi connectivity index (χ1) is 17.7. The number of rotatable bonds is 13. The molecule has 2 atom stereocenters. The molecule has 1 heterocycles. The molecular weight excluding hydrogens is 468 g/mol. The van der Waals surface area contributed by atoms with Gasteiger partial charge in [-0.15, -0.1) is 0 Å². The first-order valence-corrected chi connectivity index (χ1v) is 12.8. The van der Waals surface area contributed by atoms with Crippen molar-refractivity contribution in [3.05, 3.63) is 90.5 Å². The Morgan fingerprint density at radius 3 is 2.16 bits per heavy atom. The quantitative estimate of drug-likeness (QED) is 0.187. The van der Waals surface area contributed by atoms with Crippen LogP contribution in [-0.2, 0) is 33.5 Å². The fourth-order valence-corrected chi connectivity index (χ4v) is 4.24. The summed E-state index contributed by atoms with van der Waals surface area (Å²) in [5.74, 6) is -0.901. The molecule has 3 rings (SSSR count). The summed E-state index contributed by atoms with van der Waals surface area (Å²) in [4.78, 5) is 25.6. The van der Waals surface area contributed by atoms with Gasteiger partial charge in [0.25, 0.3) is 0 Å². The molecule has 0 radical (unpaired) electrons. The fourth-order valence-electron chi connectivity index (χ4n) is 4.24. The molecule has 0 spiro atoms. The molecule has 198 valence electrons. The van der Waals surface area contributed by atoms with Gasteiger partial charge in [0.05, 0.1) is 19.6 Å². The number of benzene rings is 2. The summed E-state index contributed by atoms with van der Waals surface area (Å²) < 4.78 is 9.66.